The highest BCUT2D eigenvalue weighted by atomic mass is 32.2. The molecule has 3 unspecified atom stereocenters. The molecular weight excluding hydrogens is 350 g/mol. The average Bonchev–Trinajstić information content (AvgIpc) is 3.23. The second-order valence-corrected chi connectivity index (χ2v) is 9.02. The molecule has 0 aromatic heterocycles. The number of rotatable bonds is 7. The molecule has 2 saturated heterocycles. The molecule has 26 heavy (non-hydrogen) atoms. The van der Waals surface area contributed by atoms with Gasteiger partial charge < -0.3 is 10.1 Å². The molecule has 1 aromatic rings. The Morgan fingerprint density at radius 2 is 2.15 bits per heavy atom. The van der Waals surface area contributed by atoms with Crippen molar-refractivity contribution in [2.24, 2.45) is 0 Å². The van der Waals surface area contributed by atoms with Crippen LogP contribution in [0.25, 0.3) is 0 Å². The Morgan fingerprint density at radius 1 is 1.27 bits per heavy atom. The minimum absolute atomic E-state index is 0.0484. The Labute approximate surface area is 157 Å². The molecule has 1 amide bonds. The van der Waals surface area contributed by atoms with Crippen LogP contribution in [-0.2, 0) is 22.1 Å². The van der Waals surface area contributed by atoms with Crippen LogP contribution < -0.4 is 15.4 Å². The van der Waals surface area contributed by atoms with E-state index in [0.29, 0.717) is 19.0 Å². The predicted octanol–water partition coefficient (Wildman–Crippen LogP) is 1.26. The first-order valence-electron chi connectivity index (χ1n) is 9.45. The maximum absolute atomic E-state index is 12.3. The molecule has 7 heteroatoms. The van der Waals surface area contributed by atoms with E-state index in [9.17, 15) is 9.59 Å². The molecule has 6 nitrogen and oxygen atoms in total. The number of ether oxygens (including phenoxy) is 1. The number of carbonyl (C=O) groups is 2. The molecule has 3 aliphatic heterocycles. The number of nitrogens with one attached hydrogen (secondary N) is 2. The highest BCUT2D eigenvalue weighted by Gasteiger charge is 2.58. The standard InChI is InChI=1S/C19H26N3O3S/c23-18-16-12-21-13-22(16)19(24)26(18)10-4-3-9-20-11-15-8-7-14-5-1-2-6-17(14)25-15/h1-2,5-6,15-16,20-21H,3-4,7-13H2/q+1. The van der Waals surface area contributed by atoms with Crippen molar-refractivity contribution < 1.29 is 14.3 Å². The Morgan fingerprint density at radius 3 is 3.04 bits per heavy atom. The quantitative estimate of drug-likeness (QED) is 0.554. The van der Waals surface area contributed by atoms with Gasteiger partial charge >= 0.3 is 10.4 Å². The minimum atomic E-state index is -0.705. The van der Waals surface area contributed by atoms with Crippen LogP contribution in [0.5, 0.6) is 5.75 Å². The van der Waals surface area contributed by atoms with Crippen LogP contribution in [0.1, 0.15) is 24.8 Å². The van der Waals surface area contributed by atoms with Crippen LogP contribution in [0.3, 0.4) is 0 Å². The lowest BCUT2D eigenvalue weighted by atomic mass is 10.0. The third-order valence-corrected chi connectivity index (χ3v) is 7.39. The van der Waals surface area contributed by atoms with E-state index in [-0.39, 0.29) is 22.5 Å². The molecule has 1 aromatic carbocycles. The third kappa shape index (κ3) is 3.61. The predicted molar refractivity (Wildman–Crippen MR) is 102 cm³/mol. The van der Waals surface area contributed by atoms with E-state index in [1.54, 1.807) is 4.90 Å². The minimum Gasteiger partial charge on any atom is -0.489 e. The highest BCUT2D eigenvalue weighted by molar-refractivity contribution is 8.23. The van der Waals surface area contributed by atoms with Gasteiger partial charge in [0.25, 0.3) is 0 Å². The summed E-state index contributed by atoms with van der Waals surface area (Å²) in [6, 6.07) is 8.05. The monoisotopic (exact) mass is 376 g/mol. The summed E-state index contributed by atoms with van der Waals surface area (Å²) in [4.78, 5) is 26.3. The molecule has 2 N–H and O–H groups in total. The van der Waals surface area contributed by atoms with Gasteiger partial charge in [0.05, 0.1) is 6.67 Å². The summed E-state index contributed by atoms with van der Waals surface area (Å²) >= 11 is 0. The zero-order valence-corrected chi connectivity index (χ0v) is 15.7. The normalized spacial score (nSPS) is 27.4. The van der Waals surface area contributed by atoms with Gasteiger partial charge in [-0.1, -0.05) is 18.2 Å². The van der Waals surface area contributed by atoms with Crippen molar-refractivity contribution in [3.05, 3.63) is 29.8 Å². The molecule has 0 radical (unpaired) electrons. The number of carbonyl (C=O) groups excluding carboxylic acids is 2. The lowest BCUT2D eigenvalue weighted by Crippen LogP contribution is -2.34. The van der Waals surface area contributed by atoms with Gasteiger partial charge in [-0.05, 0) is 43.9 Å². The molecule has 0 saturated carbocycles. The first-order valence-corrected chi connectivity index (χ1v) is 10.8. The molecule has 140 valence electrons. The van der Waals surface area contributed by atoms with Crippen molar-refractivity contribution in [3.63, 3.8) is 0 Å². The lowest BCUT2D eigenvalue weighted by Gasteiger charge is -2.26. The van der Waals surface area contributed by atoms with Crippen molar-refractivity contribution in [2.75, 3.05) is 32.1 Å². The van der Waals surface area contributed by atoms with Crippen LogP contribution in [0.15, 0.2) is 24.3 Å². The number of unbranched alkanes of at least 4 members (excludes halogenated alkanes) is 1. The number of hydrogen-bond acceptors (Lipinski definition) is 5. The van der Waals surface area contributed by atoms with Crippen LogP contribution in [0, 0.1) is 0 Å². The van der Waals surface area contributed by atoms with Crippen molar-refractivity contribution in [1.82, 2.24) is 15.5 Å². The van der Waals surface area contributed by atoms with Crippen LogP contribution in [-0.4, -0.2) is 59.5 Å². The van der Waals surface area contributed by atoms with Crippen molar-refractivity contribution in [1.29, 1.82) is 0 Å². The van der Waals surface area contributed by atoms with E-state index in [0.717, 1.165) is 44.5 Å². The van der Waals surface area contributed by atoms with E-state index in [1.807, 2.05) is 12.1 Å². The Balaban J connectivity index is 1.13. The molecule has 3 aliphatic rings. The fraction of sp³-hybridized carbons (Fsp3) is 0.579. The van der Waals surface area contributed by atoms with E-state index >= 15 is 0 Å². The first-order chi connectivity index (χ1) is 12.7. The van der Waals surface area contributed by atoms with Gasteiger partial charge in [0.15, 0.2) is 16.9 Å². The number of benzene rings is 1. The van der Waals surface area contributed by atoms with Crippen molar-refractivity contribution in [2.45, 2.75) is 37.8 Å². The Bertz CT molecular complexity index is 662. The fourth-order valence-electron chi connectivity index (χ4n) is 3.81. The molecule has 2 fully saturated rings. The molecule has 3 heterocycles. The molecule has 0 bridgehead atoms. The van der Waals surface area contributed by atoms with Gasteiger partial charge in [-0.25, -0.2) is 9.59 Å². The molecule has 0 aliphatic carbocycles. The van der Waals surface area contributed by atoms with Crippen LogP contribution in [0.4, 0.5) is 4.79 Å². The summed E-state index contributed by atoms with van der Waals surface area (Å²) in [6.07, 6.45) is 4.24. The summed E-state index contributed by atoms with van der Waals surface area (Å²) in [7, 11) is -0.705. The van der Waals surface area contributed by atoms with Gasteiger partial charge in [-0.3, -0.25) is 10.2 Å². The fourth-order valence-corrected chi connectivity index (χ4v) is 5.86. The van der Waals surface area contributed by atoms with Crippen LogP contribution in [0.2, 0.25) is 0 Å². The second-order valence-electron chi connectivity index (χ2n) is 7.08. The smallest absolute Gasteiger partial charge is 0.442 e. The Kier molecular flexibility index (Phi) is 5.47. The van der Waals surface area contributed by atoms with Crippen molar-refractivity contribution >= 4 is 21.2 Å². The SMILES string of the molecule is O=C1C2CNCN2C(=O)[S+]1CCCCNCC1CCc2ccccc2O1. The van der Waals surface area contributed by atoms with E-state index in [4.69, 9.17) is 4.74 Å². The van der Waals surface area contributed by atoms with E-state index in [1.165, 1.54) is 5.56 Å². The Hall–Kier alpha value is -1.57. The largest absolute Gasteiger partial charge is 0.489 e. The van der Waals surface area contributed by atoms with E-state index < -0.39 is 10.9 Å². The van der Waals surface area contributed by atoms with E-state index in [2.05, 4.69) is 22.8 Å². The maximum Gasteiger partial charge on any atom is 0.442 e. The van der Waals surface area contributed by atoms with Gasteiger partial charge in [-0.15, -0.1) is 0 Å². The van der Waals surface area contributed by atoms with Gasteiger partial charge in [0, 0.05) is 13.1 Å². The summed E-state index contributed by atoms with van der Waals surface area (Å²) in [5.74, 6) is 1.72. The number of nitrogens with zero attached hydrogens (tertiary/aromatic N) is 1. The zero-order valence-electron chi connectivity index (χ0n) is 14.9. The topological polar surface area (TPSA) is 70.7 Å². The van der Waals surface area contributed by atoms with Gasteiger partial charge in [-0.2, -0.15) is 0 Å². The summed E-state index contributed by atoms with van der Waals surface area (Å²) in [6.45, 7) is 2.90. The zero-order chi connectivity index (χ0) is 17.9. The summed E-state index contributed by atoms with van der Waals surface area (Å²) < 4.78 is 6.03. The van der Waals surface area contributed by atoms with Gasteiger partial charge in [0.2, 0.25) is 0 Å². The first kappa shape index (κ1) is 17.8. The van der Waals surface area contributed by atoms with Crippen molar-refractivity contribution in [3.8, 4) is 5.75 Å². The second kappa shape index (κ2) is 7.98. The van der Waals surface area contributed by atoms with Gasteiger partial charge in [0.1, 0.15) is 17.6 Å². The number of hydrogen-bond donors (Lipinski definition) is 2. The maximum atomic E-state index is 12.3. The number of fused-ring (bicyclic) bond motifs is 2. The highest BCUT2D eigenvalue weighted by Crippen LogP contribution is 2.27. The number of para-hydroxylation sites is 1. The number of amides is 1. The third-order valence-electron chi connectivity index (χ3n) is 5.28. The molecule has 3 atom stereocenters. The molecule has 4 rings (SSSR count). The average molecular weight is 377 g/mol. The van der Waals surface area contributed by atoms with Crippen LogP contribution >= 0.6 is 0 Å². The summed E-state index contributed by atoms with van der Waals surface area (Å²) in [5, 5.41) is 6.74. The lowest BCUT2D eigenvalue weighted by molar-refractivity contribution is -0.113. The summed E-state index contributed by atoms with van der Waals surface area (Å²) in [5.41, 5.74) is 1.30. The molecule has 0 spiro atoms. The number of aryl methyl sites for hydroxylation is 1. The molecular formula is C19H26N3O3S+.